The number of nitrogens with zero attached hydrogens (tertiary/aromatic N) is 4. The SMILES string of the molecule is Cc1cc(NCCC(=O)NCCc2ccc3c(c2)OCO3)nc(-n2ccnc2)n1. The summed E-state index contributed by atoms with van der Waals surface area (Å²) in [7, 11) is 0. The number of anilines is 1. The Balaban J connectivity index is 1.21. The van der Waals surface area contributed by atoms with E-state index >= 15 is 0 Å². The van der Waals surface area contributed by atoms with Crippen molar-refractivity contribution in [2.75, 3.05) is 25.2 Å². The lowest BCUT2D eigenvalue weighted by molar-refractivity contribution is -0.120. The second kappa shape index (κ2) is 8.59. The highest BCUT2D eigenvalue weighted by Crippen LogP contribution is 2.32. The summed E-state index contributed by atoms with van der Waals surface area (Å²) in [6, 6.07) is 7.67. The summed E-state index contributed by atoms with van der Waals surface area (Å²) in [5.74, 6) is 2.72. The number of aromatic nitrogens is 4. The number of rotatable bonds is 8. The average molecular weight is 394 g/mol. The zero-order chi connectivity index (χ0) is 20.1. The second-order valence-corrected chi connectivity index (χ2v) is 6.63. The zero-order valence-electron chi connectivity index (χ0n) is 16.1. The number of hydrogen-bond donors (Lipinski definition) is 2. The van der Waals surface area contributed by atoms with Crippen LogP contribution in [-0.4, -0.2) is 45.3 Å². The fourth-order valence-electron chi connectivity index (χ4n) is 2.97. The van der Waals surface area contributed by atoms with E-state index < -0.39 is 0 Å². The first kappa shape index (κ1) is 18.7. The normalized spacial score (nSPS) is 12.0. The number of carbonyl (C=O) groups is 1. The summed E-state index contributed by atoms with van der Waals surface area (Å²) in [5, 5.41) is 6.11. The van der Waals surface area contributed by atoms with E-state index in [2.05, 4.69) is 25.6 Å². The van der Waals surface area contributed by atoms with Gasteiger partial charge in [-0.25, -0.2) is 9.97 Å². The molecule has 0 saturated carbocycles. The lowest BCUT2D eigenvalue weighted by Crippen LogP contribution is -2.27. The number of hydrogen-bond acceptors (Lipinski definition) is 7. The molecule has 2 N–H and O–H groups in total. The molecular weight excluding hydrogens is 372 g/mol. The molecule has 0 unspecified atom stereocenters. The van der Waals surface area contributed by atoms with E-state index in [9.17, 15) is 4.79 Å². The topological polar surface area (TPSA) is 103 Å². The van der Waals surface area contributed by atoms with Gasteiger partial charge in [-0.15, -0.1) is 0 Å². The van der Waals surface area contributed by atoms with Crippen LogP contribution >= 0.6 is 0 Å². The summed E-state index contributed by atoms with van der Waals surface area (Å²) in [5.41, 5.74) is 1.93. The Bertz CT molecular complexity index is 990. The molecule has 1 aliphatic rings. The number of benzene rings is 1. The maximum Gasteiger partial charge on any atom is 0.237 e. The first-order valence-corrected chi connectivity index (χ1v) is 9.40. The summed E-state index contributed by atoms with van der Waals surface area (Å²) in [4.78, 5) is 24.9. The summed E-state index contributed by atoms with van der Waals surface area (Å²) in [6.07, 6.45) is 6.19. The maximum absolute atomic E-state index is 12.1. The molecule has 3 aromatic rings. The highest BCUT2D eigenvalue weighted by Gasteiger charge is 2.13. The fraction of sp³-hybridized carbons (Fsp3) is 0.300. The lowest BCUT2D eigenvalue weighted by Gasteiger charge is -2.09. The first-order chi connectivity index (χ1) is 14.2. The molecule has 0 aliphatic carbocycles. The van der Waals surface area contributed by atoms with Crippen molar-refractivity contribution in [3.8, 4) is 17.4 Å². The molecular formula is C20H22N6O3. The predicted molar refractivity (Wildman–Crippen MR) is 106 cm³/mol. The van der Waals surface area contributed by atoms with Gasteiger partial charge in [-0.2, -0.15) is 4.98 Å². The molecule has 0 atom stereocenters. The number of fused-ring (bicyclic) bond motifs is 1. The van der Waals surface area contributed by atoms with Crippen molar-refractivity contribution in [2.45, 2.75) is 19.8 Å². The molecule has 0 saturated heterocycles. The molecule has 0 spiro atoms. The monoisotopic (exact) mass is 394 g/mol. The van der Waals surface area contributed by atoms with Gasteiger partial charge in [-0.05, 0) is 31.0 Å². The van der Waals surface area contributed by atoms with Crippen LogP contribution < -0.4 is 20.1 Å². The van der Waals surface area contributed by atoms with E-state index in [1.165, 1.54) is 0 Å². The molecule has 0 bridgehead atoms. The average Bonchev–Trinajstić information content (AvgIpc) is 3.39. The predicted octanol–water partition coefficient (Wildman–Crippen LogP) is 1.86. The molecule has 0 fully saturated rings. The van der Waals surface area contributed by atoms with Crippen molar-refractivity contribution < 1.29 is 14.3 Å². The third kappa shape index (κ3) is 4.81. The summed E-state index contributed by atoms with van der Waals surface area (Å²) < 4.78 is 12.4. The van der Waals surface area contributed by atoms with Gasteiger partial charge in [0.15, 0.2) is 11.5 Å². The van der Waals surface area contributed by atoms with Crippen molar-refractivity contribution in [3.05, 3.63) is 54.2 Å². The second-order valence-electron chi connectivity index (χ2n) is 6.63. The van der Waals surface area contributed by atoms with Crippen LogP contribution in [0.25, 0.3) is 5.95 Å². The van der Waals surface area contributed by atoms with E-state index in [-0.39, 0.29) is 12.7 Å². The zero-order valence-corrected chi connectivity index (χ0v) is 16.1. The molecule has 29 heavy (non-hydrogen) atoms. The Morgan fingerprint density at radius 2 is 2.07 bits per heavy atom. The van der Waals surface area contributed by atoms with Crippen molar-refractivity contribution >= 4 is 11.7 Å². The van der Waals surface area contributed by atoms with Gasteiger partial charge in [0.25, 0.3) is 0 Å². The Kier molecular flexibility index (Phi) is 5.55. The van der Waals surface area contributed by atoms with Gasteiger partial charge < -0.3 is 20.1 Å². The Hall–Kier alpha value is -3.62. The minimum atomic E-state index is -0.0149. The first-order valence-electron chi connectivity index (χ1n) is 9.40. The molecule has 2 aromatic heterocycles. The van der Waals surface area contributed by atoms with Gasteiger partial charge in [0.2, 0.25) is 18.6 Å². The Labute approximate surface area is 168 Å². The molecule has 9 heteroatoms. The number of ether oxygens (including phenoxy) is 2. The van der Waals surface area contributed by atoms with Crippen LogP contribution in [0, 0.1) is 6.92 Å². The van der Waals surface area contributed by atoms with Gasteiger partial charge >= 0.3 is 0 Å². The Morgan fingerprint density at radius 3 is 2.93 bits per heavy atom. The van der Waals surface area contributed by atoms with E-state index in [0.29, 0.717) is 31.3 Å². The van der Waals surface area contributed by atoms with Gasteiger partial charge in [0.1, 0.15) is 12.1 Å². The van der Waals surface area contributed by atoms with Crippen molar-refractivity contribution in [1.29, 1.82) is 0 Å². The number of imidazole rings is 1. The number of nitrogens with one attached hydrogen (secondary N) is 2. The third-order valence-corrected chi connectivity index (χ3v) is 4.41. The number of aryl methyl sites for hydroxylation is 1. The van der Waals surface area contributed by atoms with E-state index in [1.54, 1.807) is 23.3 Å². The molecule has 150 valence electrons. The van der Waals surface area contributed by atoms with Crippen LogP contribution in [0.3, 0.4) is 0 Å². The van der Waals surface area contributed by atoms with E-state index in [4.69, 9.17) is 9.47 Å². The van der Waals surface area contributed by atoms with Crippen molar-refractivity contribution in [2.24, 2.45) is 0 Å². The molecule has 1 aliphatic heterocycles. The third-order valence-electron chi connectivity index (χ3n) is 4.41. The van der Waals surface area contributed by atoms with Crippen LogP contribution in [0.15, 0.2) is 43.0 Å². The fourth-order valence-corrected chi connectivity index (χ4v) is 2.97. The smallest absolute Gasteiger partial charge is 0.237 e. The van der Waals surface area contributed by atoms with Crippen molar-refractivity contribution in [3.63, 3.8) is 0 Å². The standard InChI is InChI=1S/C20H22N6O3/c1-14-10-18(25-20(24-14)26-9-8-21-12-26)22-7-5-19(27)23-6-4-15-2-3-16-17(11-15)29-13-28-16/h2-3,8-12H,4-7,13H2,1H3,(H,23,27)(H,22,24,25). The minimum Gasteiger partial charge on any atom is -0.454 e. The number of amides is 1. The quantitative estimate of drug-likeness (QED) is 0.601. The van der Waals surface area contributed by atoms with E-state index in [0.717, 1.165) is 29.2 Å². The minimum absolute atomic E-state index is 0.0149. The van der Waals surface area contributed by atoms with Crippen LogP contribution in [0.4, 0.5) is 5.82 Å². The van der Waals surface area contributed by atoms with Crippen LogP contribution in [0.5, 0.6) is 11.5 Å². The maximum atomic E-state index is 12.1. The molecule has 1 amide bonds. The van der Waals surface area contributed by atoms with Gasteiger partial charge in [-0.3, -0.25) is 9.36 Å². The summed E-state index contributed by atoms with van der Waals surface area (Å²) >= 11 is 0. The van der Waals surface area contributed by atoms with Gasteiger partial charge in [0.05, 0.1) is 0 Å². The van der Waals surface area contributed by atoms with Crippen molar-refractivity contribution in [1.82, 2.24) is 24.8 Å². The van der Waals surface area contributed by atoms with Crippen LogP contribution in [-0.2, 0) is 11.2 Å². The molecule has 1 aromatic carbocycles. The highest BCUT2D eigenvalue weighted by atomic mass is 16.7. The van der Waals surface area contributed by atoms with Gasteiger partial charge in [-0.1, -0.05) is 6.07 Å². The highest BCUT2D eigenvalue weighted by molar-refractivity contribution is 5.76. The largest absolute Gasteiger partial charge is 0.454 e. The van der Waals surface area contributed by atoms with Crippen LogP contribution in [0.2, 0.25) is 0 Å². The Morgan fingerprint density at radius 1 is 1.17 bits per heavy atom. The molecule has 3 heterocycles. The molecule has 9 nitrogen and oxygen atoms in total. The van der Waals surface area contributed by atoms with Gasteiger partial charge in [0, 0.05) is 43.7 Å². The van der Waals surface area contributed by atoms with E-state index in [1.807, 2.05) is 31.2 Å². The molecule has 0 radical (unpaired) electrons. The number of carbonyl (C=O) groups excluding carboxylic acids is 1. The molecule has 4 rings (SSSR count). The lowest BCUT2D eigenvalue weighted by atomic mass is 10.1. The summed E-state index contributed by atoms with van der Waals surface area (Å²) in [6.45, 7) is 3.21. The van der Waals surface area contributed by atoms with Crippen LogP contribution in [0.1, 0.15) is 17.7 Å².